The molecule has 0 atom stereocenters. The second kappa shape index (κ2) is 4.99. The number of nitrogens with two attached hydrogens (primary N) is 1. The van der Waals surface area contributed by atoms with Crippen LogP contribution in [-0.4, -0.2) is 15.1 Å². The highest BCUT2D eigenvalue weighted by Crippen LogP contribution is 2.21. The first kappa shape index (κ1) is 11.6. The number of benzene rings is 1. The van der Waals surface area contributed by atoms with Crippen LogP contribution in [0.5, 0.6) is 0 Å². The molecule has 94 valence electrons. The lowest BCUT2D eigenvalue weighted by Gasteiger charge is -1.97. The molecule has 0 spiro atoms. The van der Waals surface area contributed by atoms with Crippen LogP contribution in [-0.2, 0) is 6.54 Å². The van der Waals surface area contributed by atoms with E-state index < -0.39 is 0 Å². The highest BCUT2D eigenvalue weighted by molar-refractivity contribution is 5.59. The quantitative estimate of drug-likeness (QED) is 0.773. The predicted octanol–water partition coefficient (Wildman–Crippen LogP) is 2.26. The number of pyridine rings is 1. The second-order valence-corrected chi connectivity index (χ2v) is 4.07. The second-order valence-electron chi connectivity index (χ2n) is 4.07. The van der Waals surface area contributed by atoms with E-state index in [1.807, 2.05) is 36.4 Å². The molecule has 19 heavy (non-hydrogen) atoms. The maximum Gasteiger partial charge on any atom is 0.258 e. The van der Waals surface area contributed by atoms with E-state index in [2.05, 4.69) is 15.1 Å². The molecule has 0 aliphatic heterocycles. The van der Waals surface area contributed by atoms with Crippen LogP contribution in [0.4, 0.5) is 0 Å². The van der Waals surface area contributed by atoms with E-state index in [9.17, 15) is 0 Å². The van der Waals surface area contributed by atoms with E-state index in [-0.39, 0.29) is 0 Å². The number of hydrogen-bond acceptors (Lipinski definition) is 5. The van der Waals surface area contributed by atoms with Crippen molar-refractivity contribution in [2.24, 2.45) is 5.73 Å². The van der Waals surface area contributed by atoms with Gasteiger partial charge in [-0.05, 0) is 29.8 Å². The summed E-state index contributed by atoms with van der Waals surface area (Å²) in [5.74, 6) is 1.02. The van der Waals surface area contributed by atoms with Crippen molar-refractivity contribution in [1.29, 1.82) is 0 Å². The smallest absolute Gasteiger partial charge is 0.258 e. The molecule has 0 saturated heterocycles. The molecule has 0 amide bonds. The van der Waals surface area contributed by atoms with Gasteiger partial charge in [0.25, 0.3) is 5.89 Å². The Hall–Kier alpha value is -2.53. The van der Waals surface area contributed by atoms with Crippen LogP contribution < -0.4 is 5.73 Å². The molecule has 5 heteroatoms. The summed E-state index contributed by atoms with van der Waals surface area (Å²) >= 11 is 0. The monoisotopic (exact) mass is 252 g/mol. The molecule has 0 fully saturated rings. The third kappa shape index (κ3) is 2.36. The summed E-state index contributed by atoms with van der Waals surface area (Å²) in [5.41, 5.74) is 8.33. The van der Waals surface area contributed by atoms with Crippen molar-refractivity contribution in [1.82, 2.24) is 15.1 Å². The minimum atomic E-state index is 0.488. The number of nitrogens with zero attached hydrogens (tertiary/aromatic N) is 3. The Kier molecular flexibility index (Phi) is 3.04. The van der Waals surface area contributed by atoms with E-state index >= 15 is 0 Å². The van der Waals surface area contributed by atoms with Gasteiger partial charge in [-0.2, -0.15) is 4.98 Å². The van der Waals surface area contributed by atoms with Crippen molar-refractivity contribution in [2.75, 3.05) is 0 Å². The minimum Gasteiger partial charge on any atom is -0.334 e. The summed E-state index contributed by atoms with van der Waals surface area (Å²) in [6.45, 7) is 0.519. The average molecular weight is 252 g/mol. The Morgan fingerprint density at radius 2 is 1.89 bits per heavy atom. The van der Waals surface area contributed by atoms with Gasteiger partial charge in [-0.15, -0.1) is 0 Å². The van der Waals surface area contributed by atoms with E-state index in [1.54, 1.807) is 12.4 Å². The van der Waals surface area contributed by atoms with Crippen LogP contribution in [0, 0.1) is 0 Å². The number of hydrogen-bond donors (Lipinski definition) is 1. The third-order valence-corrected chi connectivity index (χ3v) is 2.78. The molecule has 0 aliphatic carbocycles. The van der Waals surface area contributed by atoms with Gasteiger partial charge in [-0.25, -0.2) is 0 Å². The van der Waals surface area contributed by atoms with Crippen molar-refractivity contribution in [3.05, 3.63) is 54.4 Å². The van der Waals surface area contributed by atoms with Crippen LogP contribution >= 0.6 is 0 Å². The molecular weight excluding hydrogens is 240 g/mol. The lowest BCUT2D eigenvalue weighted by Crippen LogP contribution is -1.95. The van der Waals surface area contributed by atoms with E-state index in [4.69, 9.17) is 10.3 Å². The third-order valence-electron chi connectivity index (χ3n) is 2.78. The van der Waals surface area contributed by atoms with Gasteiger partial charge in [0.2, 0.25) is 5.82 Å². The van der Waals surface area contributed by atoms with Gasteiger partial charge in [-0.1, -0.05) is 17.3 Å². The van der Waals surface area contributed by atoms with Crippen molar-refractivity contribution >= 4 is 0 Å². The molecule has 0 saturated carbocycles. The van der Waals surface area contributed by atoms with Gasteiger partial charge < -0.3 is 10.3 Å². The summed E-state index contributed by atoms with van der Waals surface area (Å²) in [6, 6.07) is 11.5. The molecule has 2 heterocycles. The van der Waals surface area contributed by atoms with E-state index in [1.165, 1.54) is 0 Å². The van der Waals surface area contributed by atoms with Crippen LogP contribution in [0.1, 0.15) is 5.56 Å². The Balaban J connectivity index is 1.92. The van der Waals surface area contributed by atoms with Crippen LogP contribution in [0.25, 0.3) is 22.8 Å². The SMILES string of the molecule is NCc1ccc(-c2nc(-c3cccnc3)no2)cc1. The standard InChI is InChI=1S/C14H12N4O/c15-8-10-3-5-11(6-4-10)14-17-13(18-19-14)12-2-1-7-16-9-12/h1-7,9H,8,15H2. The molecule has 3 aromatic rings. The predicted molar refractivity (Wildman–Crippen MR) is 70.9 cm³/mol. The Bertz CT molecular complexity index is 661. The zero-order chi connectivity index (χ0) is 13.1. The fourth-order valence-electron chi connectivity index (χ4n) is 1.74. The maximum atomic E-state index is 5.56. The normalized spacial score (nSPS) is 10.6. The molecule has 5 nitrogen and oxygen atoms in total. The zero-order valence-electron chi connectivity index (χ0n) is 10.2. The van der Waals surface area contributed by atoms with Crippen LogP contribution in [0.2, 0.25) is 0 Å². The molecule has 3 rings (SSSR count). The van der Waals surface area contributed by atoms with Gasteiger partial charge in [-0.3, -0.25) is 4.98 Å². The largest absolute Gasteiger partial charge is 0.334 e. The fraction of sp³-hybridized carbons (Fsp3) is 0.0714. The van der Waals surface area contributed by atoms with Crippen molar-refractivity contribution in [3.8, 4) is 22.8 Å². The molecular formula is C14H12N4O. The Morgan fingerprint density at radius 3 is 2.58 bits per heavy atom. The Labute approximate surface area is 110 Å². The van der Waals surface area contributed by atoms with Crippen LogP contribution in [0.3, 0.4) is 0 Å². The minimum absolute atomic E-state index is 0.488. The Morgan fingerprint density at radius 1 is 1.05 bits per heavy atom. The van der Waals surface area contributed by atoms with Gasteiger partial charge >= 0.3 is 0 Å². The molecule has 2 N–H and O–H groups in total. The number of rotatable bonds is 3. The average Bonchev–Trinajstić information content (AvgIpc) is 2.98. The summed E-state index contributed by atoms with van der Waals surface area (Å²) in [7, 11) is 0. The van der Waals surface area contributed by atoms with Crippen molar-refractivity contribution < 1.29 is 4.52 Å². The molecule has 2 aromatic heterocycles. The summed E-state index contributed by atoms with van der Waals surface area (Å²) in [5, 5.41) is 3.95. The van der Waals surface area contributed by atoms with Gasteiger partial charge in [0.15, 0.2) is 0 Å². The van der Waals surface area contributed by atoms with Crippen molar-refractivity contribution in [3.63, 3.8) is 0 Å². The molecule has 1 aromatic carbocycles. The van der Waals surface area contributed by atoms with Crippen LogP contribution in [0.15, 0.2) is 53.3 Å². The van der Waals surface area contributed by atoms with Crippen molar-refractivity contribution in [2.45, 2.75) is 6.54 Å². The zero-order valence-corrected chi connectivity index (χ0v) is 10.2. The molecule has 0 radical (unpaired) electrons. The topological polar surface area (TPSA) is 77.8 Å². The lowest BCUT2D eigenvalue weighted by molar-refractivity contribution is 0.432. The first-order valence-electron chi connectivity index (χ1n) is 5.90. The summed E-state index contributed by atoms with van der Waals surface area (Å²) in [4.78, 5) is 8.39. The van der Waals surface area contributed by atoms with Gasteiger partial charge in [0.1, 0.15) is 0 Å². The maximum absolute atomic E-state index is 5.56. The molecule has 0 aliphatic rings. The highest BCUT2D eigenvalue weighted by atomic mass is 16.5. The van der Waals surface area contributed by atoms with Gasteiger partial charge in [0.05, 0.1) is 0 Å². The molecule has 0 unspecified atom stereocenters. The summed E-state index contributed by atoms with van der Waals surface area (Å²) < 4.78 is 5.26. The fourth-order valence-corrected chi connectivity index (χ4v) is 1.74. The van der Waals surface area contributed by atoms with E-state index in [0.29, 0.717) is 18.3 Å². The lowest BCUT2D eigenvalue weighted by atomic mass is 10.1. The highest BCUT2D eigenvalue weighted by Gasteiger charge is 2.10. The van der Waals surface area contributed by atoms with Gasteiger partial charge in [0, 0.05) is 30.1 Å². The summed E-state index contributed by atoms with van der Waals surface area (Å²) in [6.07, 6.45) is 3.40. The molecule has 0 bridgehead atoms. The van der Waals surface area contributed by atoms with E-state index in [0.717, 1.165) is 16.7 Å². The first-order valence-corrected chi connectivity index (χ1v) is 5.90. The first-order chi connectivity index (χ1) is 9.36. The number of aromatic nitrogens is 3.